The first-order valence-corrected chi connectivity index (χ1v) is 5.82. The van der Waals surface area contributed by atoms with Crippen LogP contribution in [0, 0.1) is 6.92 Å². The van der Waals surface area contributed by atoms with Crippen molar-refractivity contribution in [2.75, 3.05) is 0 Å². The predicted octanol–water partition coefficient (Wildman–Crippen LogP) is 3.41. The maximum atomic E-state index is 4.18. The zero-order chi connectivity index (χ0) is 9.72. The average molecular weight is 298 g/mol. The van der Waals surface area contributed by atoms with E-state index >= 15 is 0 Å². The van der Waals surface area contributed by atoms with Gasteiger partial charge in [0, 0.05) is 17.9 Å². The Bertz CT molecular complexity index is 243. The molecule has 0 aromatic carbocycles. The molecule has 1 rings (SSSR count). The molecule has 1 aromatic heterocycles. The summed E-state index contributed by atoms with van der Waals surface area (Å²) in [6.07, 6.45) is 0. The minimum Gasteiger partial charge on any atom is -0.270 e. The van der Waals surface area contributed by atoms with E-state index < -0.39 is 0 Å². The lowest BCUT2D eigenvalue weighted by Gasteiger charge is -1.95. The van der Waals surface area contributed by atoms with Crippen molar-refractivity contribution in [3.63, 3.8) is 0 Å². The van der Waals surface area contributed by atoms with Gasteiger partial charge in [-0.1, -0.05) is 29.8 Å². The van der Waals surface area contributed by atoms with Crippen LogP contribution < -0.4 is 0 Å². The highest BCUT2D eigenvalue weighted by molar-refractivity contribution is 9.10. The third-order valence-corrected chi connectivity index (χ3v) is 2.78. The van der Waals surface area contributed by atoms with Crippen molar-refractivity contribution in [2.45, 2.75) is 26.1 Å². The smallest absolute Gasteiger partial charge is 0.131 e. The summed E-state index contributed by atoms with van der Waals surface area (Å²) in [5.41, 5.74) is 2.42. The quantitative estimate of drug-likeness (QED) is 0.726. The number of hydrogen-bond acceptors (Lipinski definition) is 1. The molecule has 0 saturated carbocycles. The molecule has 0 atom stereocenters. The molecule has 1 heterocycles. The molecule has 4 heteroatoms. The van der Waals surface area contributed by atoms with Crippen molar-refractivity contribution < 1.29 is 0 Å². The highest BCUT2D eigenvalue weighted by Gasteiger charge is 2.07. The lowest BCUT2D eigenvalue weighted by atomic mass is 10.3. The summed E-state index contributed by atoms with van der Waals surface area (Å²) >= 11 is 6.75. The van der Waals surface area contributed by atoms with Gasteiger partial charge in [-0.2, -0.15) is 5.10 Å². The van der Waals surface area contributed by atoms with Crippen molar-refractivity contribution in [3.8, 4) is 0 Å². The molecular formula is C8H14Br2N2. The molecule has 0 aliphatic carbocycles. The topological polar surface area (TPSA) is 17.8 Å². The average Bonchev–Trinajstić information content (AvgIpc) is 2.31. The largest absolute Gasteiger partial charge is 0.270 e. The van der Waals surface area contributed by atoms with E-state index in [1.54, 1.807) is 0 Å². The maximum absolute atomic E-state index is 4.18. The first kappa shape index (κ1) is 12.2. The maximum Gasteiger partial charge on any atom is 0.131 e. The van der Waals surface area contributed by atoms with Gasteiger partial charge in [0.25, 0.3) is 0 Å². The SMILES string of the molecule is CC.Cc1c(Br)nn(C)c1CBr. The molecule has 0 aliphatic heterocycles. The van der Waals surface area contributed by atoms with Gasteiger partial charge in [0.15, 0.2) is 0 Å². The highest BCUT2D eigenvalue weighted by Crippen LogP contribution is 2.19. The lowest BCUT2D eigenvalue weighted by molar-refractivity contribution is 0.731. The van der Waals surface area contributed by atoms with Gasteiger partial charge in [0.2, 0.25) is 0 Å². The van der Waals surface area contributed by atoms with Gasteiger partial charge in [-0.15, -0.1) is 0 Å². The molecule has 0 amide bonds. The molecule has 12 heavy (non-hydrogen) atoms. The van der Waals surface area contributed by atoms with Crippen LogP contribution in [0.4, 0.5) is 0 Å². The Balaban J connectivity index is 0.000000561. The molecule has 0 fully saturated rings. The molecule has 0 N–H and O–H groups in total. The summed E-state index contributed by atoms with van der Waals surface area (Å²) in [4.78, 5) is 0. The summed E-state index contributed by atoms with van der Waals surface area (Å²) in [5, 5.41) is 5.04. The van der Waals surface area contributed by atoms with Crippen LogP contribution in [0.3, 0.4) is 0 Å². The fourth-order valence-corrected chi connectivity index (χ4v) is 2.07. The zero-order valence-electron chi connectivity index (χ0n) is 7.86. The van der Waals surface area contributed by atoms with Crippen molar-refractivity contribution >= 4 is 31.9 Å². The van der Waals surface area contributed by atoms with Gasteiger partial charge < -0.3 is 0 Å². The van der Waals surface area contributed by atoms with Gasteiger partial charge in [0.1, 0.15) is 4.60 Å². The monoisotopic (exact) mass is 296 g/mol. The zero-order valence-corrected chi connectivity index (χ0v) is 11.0. The number of nitrogens with zero attached hydrogens (tertiary/aromatic N) is 2. The Morgan fingerprint density at radius 2 is 1.92 bits per heavy atom. The Kier molecular flexibility index (Phi) is 5.84. The second kappa shape index (κ2) is 5.75. The number of aromatic nitrogens is 2. The molecule has 0 bridgehead atoms. The summed E-state index contributed by atoms with van der Waals surface area (Å²) in [5.74, 6) is 0. The fraction of sp³-hybridized carbons (Fsp3) is 0.625. The second-order valence-electron chi connectivity index (χ2n) is 2.12. The van der Waals surface area contributed by atoms with E-state index in [9.17, 15) is 0 Å². The molecule has 0 spiro atoms. The van der Waals surface area contributed by atoms with Crippen molar-refractivity contribution in [1.82, 2.24) is 9.78 Å². The minimum absolute atomic E-state index is 0.855. The number of rotatable bonds is 1. The van der Waals surface area contributed by atoms with Crippen LogP contribution >= 0.6 is 31.9 Å². The van der Waals surface area contributed by atoms with E-state index in [-0.39, 0.29) is 0 Å². The highest BCUT2D eigenvalue weighted by atomic mass is 79.9. The summed E-state index contributed by atoms with van der Waals surface area (Å²) in [6, 6.07) is 0. The van der Waals surface area contributed by atoms with Crippen LogP contribution in [0.25, 0.3) is 0 Å². The molecule has 0 radical (unpaired) electrons. The van der Waals surface area contributed by atoms with Gasteiger partial charge in [-0.05, 0) is 22.9 Å². The van der Waals surface area contributed by atoms with Gasteiger partial charge in [-0.25, -0.2) is 0 Å². The van der Waals surface area contributed by atoms with Crippen molar-refractivity contribution in [3.05, 3.63) is 15.9 Å². The van der Waals surface area contributed by atoms with Crippen LogP contribution in [0.15, 0.2) is 4.60 Å². The van der Waals surface area contributed by atoms with E-state index in [0.29, 0.717) is 0 Å². The number of aryl methyl sites for hydroxylation is 1. The summed E-state index contributed by atoms with van der Waals surface area (Å²) < 4.78 is 2.80. The van der Waals surface area contributed by atoms with Crippen molar-refractivity contribution in [2.24, 2.45) is 7.05 Å². The normalized spacial score (nSPS) is 9.17. The molecule has 70 valence electrons. The van der Waals surface area contributed by atoms with Crippen LogP contribution in [0.1, 0.15) is 25.1 Å². The lowest BCUT2D eigenvalue weighted by Crippen LogP contribution is -1.95. The molecular weight excluding hydrogens is 284 g/mol. The Labute approximate surface area is 90.6 Å². The number of alkyl halides is 1. The van der Waals surface area contributed by atoms with Gasteiger partial charge in [0.05, 0.1) is 5.69 Å². The third kappa shape index (κ3) is 2.59. The van der Waals surface area contributed by atoms with Gasteiger partial charge in [-0.3, -0.25) is 4.68 Å². The van der Waals surface area contributed by atoms with Crippen LogP contribution in [0.5, 0.6) is 0 Å². The molecule has 1 aromatic rings. The molecule has 2 nitrogen and oxygen atoms in total. The van der Waals surface area contributed by atoms with Crippen LogP contribution in [0.2, 0.25) is 0 Å². The Morgan fingerprint density at radius 3 is 2.08 bits per heavy atom. The molecule has 0 aliphatic rings. The van der Waals surface area contributed by atoms with E-state index in [1.807, 2.05) is 32.5 Å². The third-order valence-electron chi connectivity index (χ3n) is 1.50. The number of halogens is 2. The summed E-state index contributed by atoms with van der Waals surface area (Å²) in [7, 11) is 1.94. The predicted molar refractivity (Wildman–Crippen MR) is 59.6 cm³/mol. The fourth-order valence-electron chi connectivity index (χ4n) is 0.816. The second-order valence-corrected chi connectivity index (χ2v) is 3.43. The van der Waals surface area contributed by atoms with Crippen molar-refractivity contribution in [1.29, 1.82) is 0 Å². The van der Waals surface area contributed by atoms with E-state index in [1.165, 1.54) is 11.3 Å². The van der Waals surface area contributed by atoms with Crippen LogP contribution in [-0.4, -0.2) is 9.78 Å². The standard InChI is InChI=1S/C6H8Br2N2.C2H6/c1-4-5(3-7)10(2)9-6(4)8;1-2/h3H2,1-2H3;1-2H3. The Hall–Kier alpha value is 0.170. The Morgan fingerprint density at radius 1 is 1.42 bits per heavy atom. The van der Waals surface area contributed by atoms with E-state index in [2.05, 4.69) is 37.0 Å². The van der Waals surface area contributed by atoms with Gasteiger partial charge >= 0.3 is 0 Å². The van der Waals surface area contributed by atoms with Crippen LogP contribution in [-0.2, 0) is 12.4 Å². The first-order chi connectivity index (χ1) is 5.66. The molecule has 0 unspecified atom stereocenters. The van der Waals surface area contributed by atoms with E-state index in [0.717, 1.165) is 9.93 Å². The molecule has 0 saturated heterocycles. The first-order valence-electron chi connectivity index (χ1n) is 3.90. The summed E-state index contributed by atoms with van der Waals surface area (Å²) in [6.45, 7) is 6.05. The number of hydrogen-bond donors (Lipinski definition) is 0. The van der Waals surface area contributed by atoms with E-state index in [4.69, 9.17) is 0 Å². The minimum atomic E-state index is 0.855.